The van der Waals surface area contributed by atoms with Gasteiger partial charge >= 0.3 is 0 Å². The van der Waals surface area contributed by atoms with E-state index in [-0.39, 0.29) is 17.4 Å². The number of benzene rings is 3. The highest BCUT2D eigenvalue weighted by Crippen LogP contribution is 2.21. The molecule has 0 fully saturated rings. The van der Waals surface area contributed by atoms with Gasteiger partial charge in [0.1, 0.15) is 5.75 Å². The molecule has 0 aromatic heterocycles. The largest absolute Gasteiger partial charge is 0.484 e. The van der Waals surface area contributed by atoms with Gasteiger partial charge in [0.25, 0.3) is 15.9 Å². The van der Waals surface area contributed by atoms with Gasteiger partial charge in [0, 0.05) is 16.4 Å². The normalized spacial score (nSPS) is 11.2. The first-order chi connectivity index (χ1) is 14.7. The third kappa shape index (κ3) is 6.47. The Labute approximate surface area is 187 Å². The Balaban J connectivity index is 1.55. The van der Waals surface area contributed by atoms with Crippen LogP contribution in [0.3, 0.4) is 0 Å². The molecular weight excluding hydrogens is 436 g/mol. The number of carbonyl (C=O) groups excluding carboxylic acids is 1. The second-order valence-corrected chi connectivity index (χ2v) is 9.32. The van der Waals surface area contributed by atoms with Crippen LogP contribution in [0.2, 0.25) is 5.02 Å². The average Bonchev–Trinajstić information content (AvgIpc) is 2.74. The molecule has 31 heavy (non-hydrogen) atoms. The summed E-state index contributed by atoms with van der Waals surface area (Å²) in [5.74, 6) is 0.496. The standard InChI is InChI=1S/C23H23ClN2O4S/c1-16(2)17-3-7-19(8-4-17)25-23(27)15-30-21-11-13-22(14-12-21)31(28,29)26-20-9-5-18(24)6-10-20/h3-14,16,26H,15H2,1-2H3,(H,25,27). The van der Waals surface area contributed by atoms with Gasteiger partial charge in [-0.2, -0.15) is 0 Å². The van der Waals surface area contributed by atoms with Gasteiger partial charge in [0.2, 0.25) is 0 Å². The molecule has 1 amide bonds. The summed E-state index contributed by atoms with van der Waals surface area (Å²) in [7, 11) is -3.75. The zero-order chi connectivity index (χ0) is 22.4. The lowest BCUT2D eigenvalue weighted by Gasteiger charge is -2.11. The molecule has 3 rings (SSSR count). The molecule has 3 aromatic rings. The van der Waals surface area contributed by atoms with Gasteiger partial charge in [-0.15, -0.1) is 0 Å². The van der Waals surface area contributed by atoms with Crippen LogP contribution in [0.4, 0.5) is 11.4 Å². The summed E-state index contributed by atoms with van der Waals surface area (Å²) in [6, 6.07) is 19.8. The van der Waals surface area contributed by atoms with E-state index in [9.17, 15) is 13.2 Å². The van der Waals surface area contributed by atoms with Crippen LogP contribution in [0, 0.1) is 0 Å². The van der Waals surface area contributed by atoms with Crippen molar-refractivity contribution in [3.63, 3.8) is 0 Å². The maximum Gasteiger partial charge on any atom is 0.262 e. The van der Waals surface area contributed by atoms with Crippen molar-refractivity contribution in [2.45, 2.75) is 24.7 Å². The third-order valence-electron chi connectivity index (χ3n) is 4.46. The lowest BCUT2D eigenvalue weighted by atomic mass is 10.0. The molecule has 2 N–H and O–H groups in total. The number of nitrogens with one attached hydrogen (secondary N) is 2. The van der Waals surface area contributed by atoms with Gasteiger partial charge in [-0.3, -0.25) is 9.52 Å². The van der Waals surface area contributed by atoms with Crippen LogP contribution in [0.5, 0.6) is 5.75 Å². The fraction of sp³-hybridized carbons (Fsp3) is 0.174. The first kappa shape index (κ1) is 22.7. The van der Waals surface area contributed by atoms with Crippen LogP contribution in [0.25, 0.3) is 0 Å². The highest BCUT2D eigenvalue weighted by Gasteiger charge is 2.14. The highest BCUT2D eigenvalue weighted by atomic mass is 35.5. The van der Waals surface area contributed by atoms with E-state index >= 15 is 0 Å². The predicted molar refractivity (Wildman–Crippen MR) is 123 cm³/mol. The van der Waals surface area contributed by atoms with E-state index in [4.69, 9.17) is 16.3 Å². The van der Waals surface area contributed by atoms with E-state index in [2.05, 4.69) is 23.9 Å². The molecule has 0 atom stereocenters. The van der Waals surface area contributed by atoms with E-state index in [1.807, 2.05) is 24.3 Å². The van der Waals surface area contributed by atoms with Gasteiger partial charge in [-0.1, -0.05) is 37.6 Å². The molecule has 0 radical (unpaired) electrons. The van der Waals surface area contributed by atoms with Crippen LogP contribution >= 0.6 is 11.6 Å². The minimum absolute atomic E-state index is 0.0736. The molecule has 0 aliphatic carbocycles. The summed E-state index contributed by atoms with van der Waals surface area (Å²) in [5, 5.41) is 3.28. The molecule has 162 valence electrons. The predicted octanol–water partition coefficient (Wildman–Crippen LogP) is 5.28. The first-order valence-corrected chi connectivity index (χ1v) is 11.5. The summed E-state index contributed by atoms with van der Waals surface area (Å²) < 4.78 is 32.9. The van der Waals surface area contributed by atoms with Crippen molar-refractivity contribution in [1.82, 2.24) is 0 Å². The molecule has 0 bridgehead atoms. The second kappa shape index (κ2) is 9.85. The number of sulfonamides is 1. The minimum atomic E-state index is -3.75. The monoisotopic (exact) mass is 458 g/mol. The molecule has 8 heteroatoms. The molecule has 6 nitrogen and oxygen atoms in total. The Morgan fingerprint density at radius 3 is 2.06 bits per heavy atom. The average molecular weight is 459 g/mol. The first-order valence-electron chi connectivity index (χ1n) is 9.64. The van der Waals surface area contributed by atoms with Crippen LogP contribution in [-0.2, 0) is 14.8 Å². The number of halogens is 1. The molecule has 0 unspecified atom stereocenters. The van der Waals surface area contributed by atoms with Gasteiger partial charge in [-0.25, -0.2) is 8.42 Å². The topological polar surface area (TPSA) is 84.5 Å². The molecule has 0 spiro atoms. The zero-order valence-electron chi connectivity index (χ0n) is 17.1. The van der Waals surface area contributed by atoms with E-state index in [1.54, 1.807) is 24.3 Å². The Bertz CT molecular complexity index is 1130. The third-order valence-corrected chi connectivity index (χ3v) is 6.11. The van der Waals surface area contributed by atoms with Crippen molar-refractivity contribution in [3.8, 4) is 5.75 Å². The van der Waals surface area contributed by atoms with Crippen LogP contribution < -0.4 is 14.8 Å². The van der Waals surface area contributed by atoms with Crippen molar-refractivity contribution in [2.24, 2.45) is 0 Å². The quantitative estimate of drug-likeness (QED) is 0.480. The lowest BCUT2D eigenvalue weighted by Crippen LogP contribution is -2.20. The van der Waals surface area contributed by atoms with Crippen molar-refractivity contribution < 1.29 is 17.9 Å². The molecule has 0 saturated carbocycles. The highest BCUT2D eigenvalue weighted by molar-refractivity contribution is 7.92. The number of amides is 1. The zero-order valence-corrected chi connectivity index (χ0v) is 18.7. The van der Waals surface area contributed by atoms with E-state index in [0.29, 0.717) is 28.1 Å². The summed E-state index contributed by atoms with van der Waals surface area (Å²) in [4.78, 5) is 12.2. The number of hydrogen-bond acceptors (Lipinski definition) is 4. The molecule has 3 aromatic carbocycles. The summed E-state index contributed by atoms with van der Waals surface area (Å²) in [5.41, 5.74) is 2.28. The summed E-state index contributed by atoms with van der Waals surface area (Å²) in [6.45, 7) is 4.01. The molecule has 0 aliphatic rings. The fourth-order valence-electron chi connectivity index (χ4n) is 2.74. The molecule has 0 saturated heterocycles. The van der Waals surface area contributed by atoms with Crippen LogP contribution in [0.15, 0.2) is 77.7 Å². The van der Waals surface area contributed by atoms with Crippen molar-refractivity contribution in [1.29, 1.82) is 0 Å². The minimum Gasteiger partial charge on any atom is -0.484 e. The smallest absolute Gasteiger partial charge is 0.262 e. The number of hydrogen-bond donors (Lipinski definition) is 2. The van der Waals surface area contributed by atoms with E-state index < -0.39 is 10.0 Å². The van der Waals surface area contributed by atoms with Crippen molar-refractivity contribution in [2.75, 3.05) is 16.6 Å². The Hall–Kier alpha value is -3.03. The Morgan fingerprint density at radius 2 is 1.48 bits per heavy atom. The van der Waals surface area contributed by atoms with E-state index in [1.165, 1.54) is 29.8 Å². The van der Waals surface area contributed by atoms with Crippen LogP contribution in [0.1, 0.15) is 25.3 Å². The summed E-state index contributed by atoms with van der Waals surface area (Å²) >= 11 is 5.81. The Kier molecular flexibility index (Phi) is 7.20. The fourth-order valence-corrected chi connectivity index (χ4v) is 3.93. The van der Waals surface area contributed by atoms with E-state index in [0.717, 1.165) is 0 Å². The molecule has 0 heterocycles. The number of carbonyl (C=O) groups is 1. The maximum absolute atomic E-state index is 12.5. The lowest BCUT2D eigenvalue weighted by molar-refractivity contribution is -0.118. The van der Waals surface area contributed by atoms with Crippen molar-refractivity contribution in [3.05, 3.63) is 83.4 Å². The van der Waals surface area contributed by atoms with Crippen molar-refractivity contribution >= 4 is 38.9 Å². The van der Waals surface area contributed by atoms with Gasteiger partial charge < -0.3 is 10.1 Å². The van der Waals surface area contributed by atoms with Crippen LogP contribution in [-0.4, -0.2) is 20.9 Å². The number of rotatable bonds is 8. The number of ether oxygens (including phenoxy) is 1. The maximum atomic E-state index is 12.5. The number of anilines is 2. The molecule has 0 aliphatic heterocycles. The Morgan fingerprint density at radius 1 is 0.903 bits per heavy atom. The molecular formula is C23H23ClN2O4S. The SMILES string of the molecule is CC(C)c1ccc(NC(=O)COc2ccc(S(=O)(=O)Nc3ccc(Cl)cc3)cc2)cc1. The second-order valence-electron chi connectivity index (χ2n) is 7.20. The summed E-state index contributed by atoms with van der Waals surface area (Å²) in [6.07, 6.45) is 0. The van der Waals surface area contributed by atoms with Gasteiger partial charge in [0.15, 0.2) is 6.61 Å². The van der Waals surface area contributed by atoms with Gasteiger partial charge in [-0.05, 0) is 72.1 Å². The van der Waals surface area contributed by atoms with Gasteiger partial charge in [0.05, 0.1) is 4.90 Å².